The van der Waals surface area contributed by atoms with Crippen LogP contribution in [-0.4, -0.2) is 42.3 Å². The molecule has 6 nitrogen and oxygen atoms in total. The SMILES string of the molecule is CNC(=O)C(C)CN(C)C(=O)c1ccnc(CN)c1. The Kier molecular flexibility index (Phi) is 5.44. The Morgan fingerprint density at radius 2 is 2.21 bits per heavy atom. The number of nitrogens with two attached hydrogens (primary N) is 1. The summed E-state index contributed by atoms with van der Waals surface area (Å²) >= 11 is 0. The van der Waals surface area contributed by atoms with E-state index in [1.165, 1.54) is 4.90 Å². The van der Waals surface area contributed by atoms with Crippen molar-refractivity contribution >= 4 is 11.8 Å². The van der Waals surface area contributed by atoms with E-state index in [1.54, 1.807) is 39.3 Å². The van der Waals surface area contributed by atoms with Crippen LogP contribution in [0, 0.1) is 5.92 Å². The van der Waals surface area contributed by atoms with Gasteiger partial charge in [-0.25, -0.2) is 0 Å². The lowest BCUT2D eigenvalue weighted by Crippen LogP contribution is -2.37. The molecule has 19 heavy (non-hydrogen) atoms. The minimum atomic E-state index is -0.255. The number of pyridine rings is 1. The first-order valence-corrected chi connectivity index (χ1v) is 6.11. The Hall–Kier alpha value is -1.95. The molecule has 0 fully saturated rings. The third-order valence-corrected chi connectivity index (χ3v) is 2.86. The van der Waals surface area contributed by atoms with Crippen LogP contribution in [0.1, 0.15) is 23.0 Å². The fraction of sp³-hybridized carbons (Fsp3) is 0.462. The van der Waals surface area contributed by atoms with Gasteiger partial charge in [0.1, 0.15) is 0 Å². The number of carbonyl (C=O) groups excluding carboxylic acids is 2. The van der Waals surface area contributed by atoms with Gasteiger partial charge in [-0.3, -0.25) is 14.6 Å². The molecule has 0 aromatic carbocycles. The van der Waals surface area contributed by atoms with Gasteiger partial charge in [0.25, 0.3) is 5.91 Å². The molecule has 0 bridgehead atoms. The van der Waals surface area contributed by atoms with Gasteiger partial charge in [0.05, 0.1) is 11.6 Å². The molecule has 6 heteroatoms. The molecule has 1 aromatic rings. The van der Waals surface area contributed by atoms with Crippen molar-refractivity contribution in [3.05, 3.63) is 29.6 Å². The second kappa shape index (κ2) is 6.84. The Labute approximate surface area is 113 Å². The molecule has 1 aromatic heterocycles. The number of nitrogens with one attached hydrogen (secondary N) is 1. The molecule has 2 amide bonds. The first-order chi connectivity index (χ1) is 8.99. The topological polar surface area (TPSA) is 88.3 Å². The van der Waals surface area contributed by atoms with Crippen LogP contribution in [0.3, 0.4) is 0 Å². The number of amides is 2. The van der Waals surface area contributed by atoms with E-state index < -0.39 is 0 Å². The van der Waals surface area contributed by atoms with Gasteiger partial charge >= 0.3 is 0 Å². The summed E-state index contributed by atoms with van der Waals surface area (Å²) in [6, 6.07) is 3.31. The Bertz CT molecular complexity index is 462. The average molecular weight is 264 g/mol. The first-order valence-electron chi connectivity index (χ1n) is 6.11. The van der Waals surface area contributed by atoms with E-state index in [0.29, 0.717) is 24.3 Å². The summed E-state index contributed by atoms with van der Waals surface area (Å²) in [6.07, 6.45) is 1.56. The van der Waals surface area contributed by atoms with E-state index in [9.17, 15) is 9.59 Å². The summed E-state index contributed by atoms with van der Waals surface area (Å²) < 4.78 is 0. The van der Waals surface area contributed by atoms with E-state index in [2.05, 4.69) is 10.3 Å². The van der Waals surface area contributed by atoms with Crippen molar-refractivity contribution in [1.82, 2.24) is 15.2 Å². The highest BCUT2D eigenvalue weighted by Gasteiger charge is 2.18. The van der Waals surface area contributed by atoms with E-state index in [-0.39, 0.29) is 17.7 Å². The monoisotopic (exact) mass is 264 g/mol. The third kappa shape index (κ3) is 4.03. The van der Waals surface area contributed by atoms with Crippen LogP contribution in [0.15, 0.2) is 18.3 Å². The first kappa shape index (κ1) is 15.1. The standard InChI is InChI=1S/C13H20N4O2/c1-9(12(18)15-2)8-17(3)13(19)10-4-5-16-11(6-10)7-14/h4-6,9H,7-8,14H2,1-3H3,(H,15,18). The van der Waals surface area contributed by atoms with Gasteiger partial charge in [-0.05, 0) is 12.1 Å². The lowest BCUT2D eigenvalue weighted by atomic mass is 10.1. The van der Waals surface area contributed by atoms with E-state index in [4.69, 9.17) is 5.73 Å². The highest BCUT2D eigenvalue weighted by molar-refractivity contribution is 5.94. The van der Waals surface area contributed by atoms with Gasteiger partial charge in [-0.1, -0.05) is 6.92 Å². The normalized spacial score (nSPS) is 11.8. The highest BCUT2D eigenvalue weighted by Crippen LogP contribution is 2.07. The molecule has 0 saturated heterocycles. The maximum absolute atomic E-state index is 12.2. The lowest BCUT2D eigenvalue weighted by molar-refractivity contribution is -0.124. The molecular weight excluding hydrogens is 244 g/mol. The molecule has 0 aliphatic carbocycles. The smallest absolute Gasteiger partial charge is 0.253 e. The number of hydrogen-bond donors (Lipinski definition) is 2. The molecule has 1 atom stereocenters. The lowest BCUT2D eigenvalue weighted by Gasteiger charge is -2.21. The van der Waals surface area contributed by atoms with Gasteiger partial charge in [0, 0.05) is 38.9 Å². The van der Waals surface area contributed by atoms with Crippen LogP contribution in [0.4, 0.5) is 0 Å². The predicted octanol–water partition coefficient (Wildman–Crippen LogP) is -0.00560. The second-order valence-corrected chi connectivity index (χ2v) is 4.44. The zero-order valence-corrected chi connectivity index (χ0v) is 11.5. The maximum Gasteiger partial charge on any atom is 0.253 e. The Morgan fingerprint density at radius 1 is 1.53 bits per heavy atom. The molecule has 0 aliphatic heterocycles. The fourth-order valence-electron chi connectivity index (χ4n) is 1.77. The minimum Gasteiger partial charge on any atom is -0.359 e. The van der Waals surface area contributed by atoms with Crippen molar-refractivity contribution in [2.75, 3.05) is 20.6 Å². The number of rotatable bonds is 5. The van der Waals surface area contributed by atoms with Crippen LogP contribution in [0.5, 0.6) is 0 Å². The highest BCUT2D eigenvalue weighted by atomic mass is 16.2. The molecule has 1 heterocycles. The minimum absolute atomic E-state index is 0.0861. The van der Waals surface area contributed by atoms with Crippen molar-refractivity contribution in [3.63, 3.8) is 0 Å². The molecule has 3 N–H and O–H groups in total. The molecular formula is C13H20N4O2. The van der Waals surface area contributed by atoms with Crippen molar-refractivity contribution in [1.29, 1.82) is 0 Å². The molecule has 104 valence electrons. The number of hydrogen-bond acceptors (Lipinski definition) is 4. The van der Waals surface area contributed by atoms with Crippen LogP contribution < -0.4 is 11.1 Å². The van der Waals surface area contributed by atoms with Gasteiger partial charge in [0.15, 0.2) is 0 Å². The summed E-state index contributed by atoms with van der Waals surface area (Å²) in [6.45, 7) is 2.43. The summed E-state index contributed by atoms with van der Waals surface area (Å²) in [4.78, 5) is 29.2. The Balaban J connectivity index is 2.73. The molecule has 1 rings (SSSR count). The molecule has 0 radical (unpaired) electrons. The number of carbonyl (C=O) groups is 2. The zero-order valence-electron chi connectivity index (χ0n) is 11.5. The molecule has 0 aliphatic rings. The van der Waals surface area contributed by atoms with Crippen LogP contribution in [0.2, 0.25) is 0 Å². The maximum atomic E-state index is 12.2. The summed E-state index contributed by atoms with van der Waals surface area (Å²) in [5, 5.41) is 2.56. The van der Waals surface area contributed by atoms with Gasteiger partial charge in [-0.15, -0.1) is 0 Å². The van der Waals surface area contributed by atoms with Crippen LogP contribution in [-0.2, 0) is 11.3 Å². The second-order valence-electron chi connectivity index (χ2n) is 4.44. The predicted molar refractivity (Wildman–Crippen MR) is 72.3 cm³/mol. The molecule has 1 unspecified atom stereocenters. The number of nitrogens with zero attached hydrogens (tertiary/aromatic N) is 2. The van der Waals surface area contributed by atoms with Crippen molar-refractivity contribution in [3.8, 4) is 0 Å². The average Bonchev–Trinajstić information content (AvgIpc) is 2.45. The van der Waals surface area contributed by atoms with E-state index >= 15 is 0 Å². The quantitative estimate of drug-likeness (QED) is 0.783. The van der Waals surface area contributed by atoms with Gasteiger partial charge in [0.2, 0.25) is 5.91 Å². The van der Waals surface area contributed by atoms with Gasteiger partial charge < -0.3 is 16.0 Å². The number of aromatic nitrogens is 1. The van der Waals surface area contributed by atoms with Gasteiger partial charge in [-0.2, -0.15) is 0 Å². The van der Waals surface area contributed by atoms with E-state index in [0.717, 1.165) is 0 Å². The van der Waals surface area contributed by atoms with Crippen molar-refractivity contribution in [2.45, 2.75) is 13.5 Å². The van der Waals surface area contributed by atoms with Crippen molar-refractivity contribution in [2.24, 2.45) is 11.7 Å². The third-order valence-electron chi connectivity index (χ3n) is 2.86. The Morgan fingerprint density at radius 3 is 2.79 bits per heavy atom. The summed E-state index contributed by atoms with van der Waals surface area (Å²) in [7, 11) is 3.25. The van der Waals surface area contributed by atoms with E-state index in [1.807, 2.05) is 0 Å². The largest absolute Gasteiger partial charge is 0.359 e. The summed E-state index contributed by atoms with van der Waals surface area (Å²) in [5.74, 6) is -0.486. The fourth-order valence-corrected chi connectivity index (χ4v) is 1.77. The molecule has 0 saturated carbocycles. The molecule has 0 spiro atoms. The van der Waals surface area contributed by atoms with Crippen molar-refractivity contribution < 1.29 is 9.59 Å². The summed E-state index contributed by atoms with van der Waals surface area (Å²) in [5.41, 5.74) is 6.69. The zero-order chi connectivity index (χ0) is 14.4. The van der Waals surface area contributed by atoms with Crippen LogP contribution in [0.25, 0.3) is 0 Å². The van der Waals surface area contributed by atoms with Crippen LogP contribution >= 0.6 is 0 Å².